The molecule has 1 aromatic rings. The van der Waals surface area contributed by atoms with Crippen LogP contribution in [0.4, 0.5) is 5.82 Å². The van der Waals surface area contributed by atoms with E-state index < -0.39 is 0 Å². The Labute approximate surface area is 74.5 Å². The van der Waals surface area contributed by atoms with Gasteiger partial charge in [0.05, 0.1) is 0 Å². The van der Waals surface area contributed by atoms with Crippen LogP contribution in [0.5, 0.6) is 0 Å². The van der Waals surface area contributed by atoms with E-state index in [2.05, 4.69) is 32.8 Å². The predicted molar refractivity (Wildman–Crippen MR) is 51.6 cm³/mol. The summed E-state index contributed by atoms with van der Waals surface area (Å²) in [5.74, 6) is 0.850. The molecule has 0 saturated heterocycles. The van der Waals surface area contributed by atoms with Gasteiger partial charge in [-0.15, -0.1) is 0 Å². The van der Waals surface area contributed by atoms with Crippen LogP contribution >= 0.6 is 15.9 Å². The fourth-order valence-corrected chi connectivity index (χ4v) is 1.17. The van der Waals surface area contributed by atoms with Crippen LogP contribution in [-0.2, 0) is 0 Å². The topological polar surface area (TPSA) is 24.9 Å². The van der Waals surface area contributed by atoms with E-state index >= 15 is 0 Å². The van der Waals surface area contributed by atoms with Crippen LogP contribution in [0.1, 0.15) is 5.56 Å². The van der Waals surface area contributed by atoms with Crippen LogP contribution in [0.25, 0.3) is 6.08 Å². The minimum atomic E-state index is 0.850. The lowest BCUT2D eigenvalue weighted by atomic mass is 10.2. The Hall–Kier alpha value is -0.830. The van der Waals surface area contributed by atoms with Gasteiger partial charge in [0.15, 0.2) is 0 Å². The number of hydrogen-bond acceptors (Lipinski definition) is 2. The van der Waals surface area contributed by atoms with Gasteiger partial charge in [0, 0.05) is 23.3 Å². The summed E-state index contributed by atoms with van der Waals surface area (Å²) >= 11 is 3.33. The van der Waals surface area contributed by atoms with Crippen molar-refractivity contribution >= 4 is 27.8 Å². The van der Waals surface area contributed by atoms with Crippen molar-refractivity contribution in [3.63, 3.8) is 0 Å². The van der Waals surface area contributed by atoms with E-state index in [4.69, 9.17) is 0 Å². The number of nitrogens with zero attached hydrogens (tertiary/aromatic N) is 1. The standard InChI is InChI=1S/C8H9BrN2/c1-3-6-4-7(9)5-11-8(6)10-2/h3-5H,1H2,2H3,(H,10,11). The highest BCUT2D eigenvalue weighted by Crippen LogP contribution is 2.17. The zero-order valence-electron chi connectivity index (χ0n) is 6.26. The molecule has 0 bridgehead atoms. The van der Waals surface area contributed by atoms with Gasteiger partial charge in [-0.25, -0.2) is 4.98 Å². The molecule has 0 radical (unpaired) electrons. The predicted octanol–water partition coefficient (Wildman–Crippen LogP) is 2.53. The summed E-state index contributed by atoms with van der Waals surface area (Å²) in [4.78, 5) is 4.14. The van der Waals surface area contributed by atoms with Crippen molar-refractivity contribution in [3.8, 4) is 0 Å². The molecule has 0 amide bonds. The highest BCUT2D eigenvalue weighted by molar-refractivity contribution is 9.10. The van der Waals surface area contributed by atoms with Crippen LogP contribution in [-0.4, -0.2) is 12.0 Å². The fourth-order valence-electron chi connectivity index (χ4n) is 0.819. The molecule has 1 N–H and O–H groups in total. The lowest BCUT2D eigenvalue weighted by Crippen LogP contribution is -1.94. The number of aromatic nitrogens is 1. The number of halogens is 1. The normalized spacial score (nSPS) is 9.27. The SMILES string of the molecule is C=Cc1cc(Br)cnc1NC. The Morgan fingerprint density at radius 1 is 1.73 bits per heavy atom. The molecule has 1 heterocycles. The molecule has 0 saturated carbocycles. The van der Waals surface area contributed by atoms with Crippen LogP contribution in [0.3, 0.4) is 0 Å². The molecule has 3 heteroatoms. The fraction of sp³-hybridized carbons (Fsp3) is 0.125. The third kappa shape index (κ3) is 1.80. The highest BCUT2D eigenvalue weighted by atomic mass is 79.9. The van der Waals surface area contributed by atoms with Crippen molar-refractivity contribution in [2.24, 2.45) is 0 Å². The molecule has 0 aliphatic carbocycles. The summed E-state index contributed by atoms with van der Waals surface area (Å²) in [6.07, 6.45) is 3.52. The minimum Gasteiger partial charge on any atom is -0.373 e. The minimum absolute atomic E-state index is 0.850. The maximum Gasteiger partial charge on any atom is 0.133 e. The Bertz CT molecular complexity index is 271. The van der Waals surface area contributed by atoms with Gasteiger partial charge in [-0.05, 0) is 22.0 Å². The first kappa shape index (κ1) is 8.27. The van der Waals surface area contributed by atoms with Gasteiger partial charge in [-0.2, -0.15) is 0 Å². The monoisotopic (exact) mass is 212 g/mol. The van der Waals surface area contributed by atoms with E-state index in [-0.39, 0.29) is 0 Å². The summed E-state index contributed by atoms with van der Waals surface area (Å²) in [6.45, 7) is 3.68. The first-order valence-corrected chi connectivity index (χ1v) is 4.03. The molecule has 0 atom stereocenters. The zero-order chi connectivity index (χ0) is 8.27. The van der Waals surface area contributed by atoms with Gasteiger partial charge in [-0.3, -0.25) is 0 Å². The molecule has 1 rings (SSSR count). The maximum absolute atomic E-state index is 4.14. The molecule has 58 valence electrons. The van der Waals surface area contributed by atoms with Gasteiger partial charge in [0.1, 0.15) is 5.82 Å². The number of nitrogens with one attached hydrogen (secondary N) is 1. The van der Waals surface area contributed by atoms with E-state index in [0.717, 1.165) is 15.9 Å². The number of hydrogen-bond donors (Lipinski definition) is 1. The van der Waals surface area contributed by atoms with E-state index in [9.17, 15) is 0 Å². The lowest BCUT2D eigenvalue weighted by Gasteiger charge is -2.02. The molecule has 11 heavy (non-hydrogen) atoms. The summed E-state index contributed by atoms with van der Waals surface area (Å²) in [6, 6.07) is 1.96. The van der Waals surface area contributed by atoms with Gasteiger partial charge in [0.2, 0.25) is 0 Å². The Morgan fingerprint density at radius 2 is 2.45 bits per heavy atom. The molecule has 0 aromatic carbocycles. The van der Waals surface area contributed by atoms with Crippen LogP contribution in [0.2, 0.25) is 0 Å². The smallest absolute Gasteiger partial charge is 0.133 e. The second-order valence-corrected chi connectivity index (χ2v) is 2.96. The quantitative estimate of drug-likeness (QED) is 0.816. The van der Waals surface area contributed by atoms with Crippen molar-refractivity contribution in [3.05, 3.63) is 28.9 Å². The van der Waals surface area contributed by atoms with Crippen molar-refractivity contribution in [1.82, 2.24) is 4.98 Å². The molecular formula is C8H9BrN2. The number of anilines is 1. The third-order valence-corrected chi connectivity index (χ3v) is 1.77. The summed E-state index contributed by atoms with van der Waals surface area (Å²) in [5, 5.41) is 2.97. The number of rotatable bonds is 2. The Morgan fingerprint density at radius 3 is 3.00 bits per heavy atom. The molecule has 0 spiro atoms. The largest absolute Gasteiger partial charge is 0.373 e. The van der Waals surface area contributed by atoms with Gasteiger partial charge < -0.3 is 5.32 Å². The molecule has 2 nitrogen and oxygen atoms in total. The van der Waals surface area contributed by atoms with E-state index in [1.54, 1.807) is 12.3 Å². The maximum atomic E-state index is 4.14. The third-order valence-electron chi connectivity index (χ3n) is 1.34. The van der Waals surface area contributed by atoms with Crippen molar-refractivity contribution in [2.45, 2.75) is 0 Å². The second-order valence-electron chi connectivity index (χ2n) is 2.05. The highest BCUT2D eigenvalue weighted by Gasteiger charge is 1.97. The summed E-state index contributed by atoms with van der Waals surface area (Å²) in [7, 11) is 1.84. The molecule has 1 aromatic heterocycles. The van der Waals surface area contributed by atoms with E-state index in [1.165, 1.54) is 0 Å². The Balaban J connectivity index is 3.16. The van der Waals surface area contributed by atoms with Crippen LogP contribution in [0.15, 0.2) is 23.3 Å². The van der Waals surface area contributed by atoms with Crippen LogP contribution in [0, 0.1) is 0 Å². The summed E-state index contributed by atoms with van der Waals surface area (Å²) < 4.78 is 0.964. The van der Waals surface area contributed by atoms with Crippen molar-refractivity contribution in [2.75, 3.05) is 12.4 Å². The van der Waals surface area contributed by atoms with Crippen LogP contribution < -0.4 is 5.32 Å². The number of pyridine rings is 1. The molecule has 0 fully saturated rings. The van der Waals surface area contributed by atoms with E-state index in [0.29, 0.717) is 0 Å². The molecule has 0 unspecified atom stereocenters. The average molecular weight is 213 g/mol. The van der Waals surface area contributed by atoms with Gasteiger partial charge >= 0.3 is 0 Å². The molecule has 0 aliphatic heterocycles. The van der Waals surface area contributed by atoms with Crippen molar-refractivity contribution < 1.29 is 0 Å². The second kappa shape index (κ2) is 3.53. The average Bonchev–Trinajstić information content (AvgIpc) is 2.04. The molecular weight excluding hydrogens is 204 g/mol. The van der Waals surface area contributed by atoms with Crippen molar-refractivity contribution in [1.29, 1.82) is 0 Å². The first-order valence-electron chi connectivity index (χ1n) is 3.23. The summed E-state index contributed by atoms with van der Waals surface area (Å²) in [5.41, 5.74) is 1.00. The Kier molecular flexibility index (Phi) is 2.65. The lowest BCUT2D eigenvalue weighted by molar-refractivity contribution is 1.26. The zero-order valence-corrected chi connectivity index (χ0v) is 7.85. The van der Waals surface area contributed by atoms with E-state index in [1.807, 2.05) is 13.1 Å². The van der Waals surface area contributed by atoms with Gasteiger partial charge in [-0.1, -0.05) is 12.7 Å². The molecule has 0 aliphatic rings. The van der Waals surface area contributed by atoms with Gasteiger partial charge in [0.25, 0.3) is 0 Å². The first-order chi connectivity index (χ1) is 5.27.